The third-order valence-electron chi connectivity index (χ3n) is 6.48. The topological polar surface area (TPSA) is 67.6 Å². The number of amides is 1. The Morgan fingerprint density at radius 3 is 2.57 bits per heavy atom. The second-order valence-corrected chi connectivity index (χ2v) is 9.35. The van der Waals surface area contributed by atoms with Crippen LogP contribution in [0.15, 0.2) is 72.8 Å². The number of hydrogen-bond acceptors (Lipinski definition) is 4. The molecule has 0 radical (unpaired) electrons. The minimum Gasteiger partial charge on any atom is -0.491 e. The van der Waals surface area contributed by atoms with Gasteiger partial charge in [0.05, 0.1) is 17.6 Å². The van der Waals surface area contributed by atoms with Crippen molar-refractivity contribution >= 4 is 34.2 Å². The number of carbonyl (C=O) groups is 1. The van der Waals surface area contributed by atoms with Gasteiger partial charge in [-0.05, 0) is 60.5 Å². The Balaban J connectivity index is 1.35. The lowest BCUT2D eigenvalue weighted by Gasteiger charge is -2.19. The third-order valence-corrected chi connectivity index (χ3v) is 6.73. The van der Waals surface area contributed by atoms with Crippen LogP contribution in [0.5, 0.6) is 5.75 Å². The molecule has 0 spiro atoms. The van der Waals surface area contributed by atoms with Crippen molar-refractivity contribution in [3.8, 4) is 5.75 Å². The van der Waals surface area contributed by atoms with Crippen molar-refractivity contribution in [3.63, 3.8) is 0 Å². The van der Waals surface area contributed by atoms with E-state index in [1.807, 2.05) is 65.2 Å². The van der Waals surface area contributed by atoms with Crippen LogP contribution < -0.4 is 9.64 Å². The molecular formula is C28H28ClN3O3. The standard InChI is InChI=1S/C28H28ClN3O3/c1-2-19-7-13-24(14-8-19)35-18-23(33)17-32-26-6-4-3-5-25(26)30-28(32)20-15-27(34)31(16-20)22-11-9-21(29)10-12-22/h3-14,20,23,33H,2,15-18H2,1H3/t20-,23-/m0/s1. The van der Waals surface area contributed by atoms with Crippen LogP contribution in [0.25, 0.3) is 11.0 Å². The zero-order chi connectivity index (χ0) is 24.4. The molecule has 5 rings (SSSR count). The summed E-state index contributed by atoms with van der Waals surface area (Å²) in [7, 11) is 0. The van der Waals surface area contributed by atoms with Crippen LogP contribution in [0.2, 0.25) is 5.02 Å². The van der Waals surface area contributed by atoms with Gasteiger partial charge in [-0.3, -0.25) is 4.79 Å². The SMILES string of the molecule is CCc1ccc(OC[C@@H](O)Cn2c([C@H]3CC(=O)N(c4ccc(Cl)cc4)C3)nc3ccccc32)cc1. The van der Waals surface area contributed by atoms with E-state index in [2.05, 4.69) is 6.92 Å². The van der Waals surface area contributed by atoms with Gasteiger partial charge in [0.1, 0.15) is 24.3 Å². The molecule has 1 aliphatic rings. The first-order valence-electron chi connectivity index (χ1n) is 11.9. The van der Waals surface area contributed by atoms with Gasteiger partial charge in [-0.1, -0.05) is 42.8 Å². The van der Waals surface area contributed by atoms with Gasteiger partial charge in [-0.15, -0.1) is 0 Å². The molecule has 180 valence electrons. The van der Waals surface area contributed by atoms with E-state index in [1.54, 1.807) is 17.0 Å². The molecule has 1 saturated heterocycles. The molecule has 1 amide bonds. The van der Waals surface area contributed by atoms with Crippen LogP contribution in [-0.4, -0.2) is 39.8 Å². The number of halogens is 1. The first-order chi connectivity index (χ1) is 17.0. The van der Waals surface area contributed by atoms with Gasteiger partial charge >= 0.3 is 0 Å². The third kappa shape index (κ3) is 5.04. The highest BCUT2D eigenvalue weighted by Gasteiger charge is 2.35. The monoisotopic (exact) mass is 489 g/mol. The van der Waals surface area contributed by atoms with Crippen LogP contribution in [0.4, 0.5) is 5.69 Å². The van der Waals surface area contributed by atoms with E-state index in [1.165, 1.54) is 5.56 Å². The van der Waals surface area contributed by atoms with Gasteiger partial charge in [0.25, 0.3) is 0 Å². The maximum absolute atomic E-state index is 12.9. The summed E-state index contributed by atoms with van der Waals surface area (Å²) >= 11 is 6.02. The average molecular weight is 490 g/mol. The number of para-hydroxylation sites is 2. The Morgan fingerprint density at radius 2 is 1.83 bits per heavy atom. The van der Waals surface area contributed by atoms with Crippen molar-refractivity contribution in [2.24, 2.45) is 0 Å². The van der Waals surface area contributed by atoms with Crippen LogP contribution in [0, 0.1) is 0 Å². The highest BCUT2D eigenvalue weighted by atomic mass is 35.5. The van der Waals surface area contributed by atoms with Crippen LogP contribution in [-0.2, 0) is 17.8 Å². The molecule has 0 bridgehead atoms. The van der Waals surface area contributed by atoms with Crippen LogP contribution in [0.3, 0.4) is 0 Å². The van der Waals surface area contributed by atoms with Crippen molar-refractivity contribution in [1.82, 2.24) is 9.55 Å². The zero-order valence-corrected chi connectivity index (χ0v) is 20.4. The summed E-state index contributed by atoms with van der Waals surface area (Å²) in [5.41, 5.74) is 3.85. The van der Waals surface area contributed by atoms with E-state index in [9.17, 15) is 9.90 Å². The molecule has 35 heavy (non-hydrogen) atoms. The molecule has 1 aromatic heterocycles. The van der Waals surface area contributed by atoms with Gasteiger partial charge in [0, 0.05) is 29.6 Å². The summed E-state index contributed by atoms with van der Waals surface area (Å²) in [4.78, 5) is 19.5. The minimum absolute atomic E-state index is 0.0512. The van der Waals surface area contributed by atoms with Crippen molar-refractivity contribution in [3.05, 3.63) is 89.2 Å². The number of aryl methyl sites for hydroxylation is 1. The van der Waals surface area contributed by atoms with Crippen molar-refractivity contribution in [2.45, 2.75) is 38.3 Å². The number of benzene rings is 3. The molecule has 1 N–H and O–H groups in total. The molecular weight excluding hydrogens is 462 g/mol. The number of aromatic nitrogens is 2. The fourth-order valence-corrected chi connectivity index (χ4v) is 4.75. The van der Waals surface area contributed by atoms with E-state index in [0.717, 1.165) is 34.7 Å². The lowest BCUT2D eigenvalue weighted by atomic mass is 10.1. The number of carbonyl (C=O) groups excluding carboxylic acids is 1. The zero-order valence-electron chi connectivity index (χ0n) is 19.6. The van der Waals surface area contributed by atoms with E-state index in [4.69, 9.17) is 21.3 Å². The molecule has 2 atom stereocenters. The molecule has 0 saturated carbocycles. The van der Waals surface area contributed by atoms with Gasteiger partial charge in [-0.25, -0.2) is 4.98 Å². The molecule has 4 aromatic rings. The van der Waals surface area contributed by atoms with E-state index in [0.29, 0.717) is 24.5 Å². The Kier molecular flexibility index (Phi) is 6.75. The van der Waals surface area contributed by atoms with E-state index >= 15 is 0 Å². The highest BCUT2D eigenvalue weighted by molar-refractivity contribution is 6.30. The molecule has 0 unspecified atom stereocenters. The highest BCUT2D eigenvalue weighted by Crippen LogP contribution is 2.33. The van der Waals surface area contributed by atoms with E-state index in [-0.39, 0.29) is 18.4 Å². The first-order valence-corrected chi connectivity index (χ1v) is 12.3. The summed E-state index contributed by atoms with van der Waals surface area (Å²) in [5, 5.41) is 11.5. The van der Waals surface area contributed by atoms with Crippen molar-refractivity contribution < 1.29 is 14.6 Å². The smallest absolute Gasteiger partial charge is 0.227 e. The van der Waals surface area contributed by atoms with Gasteiger partial charge in [0.15, 0.2) is 0 Å². The number of rotatable bonds is 8. The predicted molar refractivity (Wildman–Crippen MR) is 138 cm³/mol. The molecule has 0 aliphatic carbocycles. The van der Waals surface area contributed by atoms with Crippen LogP contribution >= 0.6 is 11.6 Å². The molecule has 7 heteroatoms. The average Bonchev–Trinajstić information content (AvgIpc) is 3.44. The largest absolute Gasteiger partial charge is 0.491 e. The summed E-state index contributed by atoms with van der Waals surface area (Å²) in [5.74, 6) is 1.51. The Morgan fingerprint density at radius 1 is 1.09 bits per heavy atom. The summed E-state index contributed by atoms with van der Waals surface area (Å²) in [6.07, 6.45) is 0.600. The molecule has 1 aliphatic heterocycles. The Bertz CT molecular complexity index is 1320. The molecule has 2 heterocycles. The van der Waals surface area contributed by atoms with Gasteiger partial charge in [0.2, 0.25) is 5.91 Å². The lowest BCUT2D eigenvalue weighted by molar-refractivity contribution is -0.117. The molecule has 1 fully saturated rings. The first kappa shape index (κ1) is 23.4. The summed E-state index contributed by atoms with van der Waals surface area (Å²) in [6, 6.07) is 23.1. The normalized spacial score (nSPS) is 16.7. The van der Waals surface area contributed by atoms with Gasteiger partial charge in [-0.2, -0.15) is 0 Å². The second kappa shape index (κ2) is 10.1. The number of aliphatic hydroxyl groups is 1. The Labute approximate surface area is 209 Å². The number of ether oxygens (including phenoxy) is 1. The minimum atomic E-state index is -0.735. The summed E-state index contributed by atoms with van der Waals surface area (Å²) < 4.78 is 7.87. The van der Waals surface area contributed by atoms with Crippen molar-refractivity contribution in [1.29, 1.82) is 0 Å². The van der Waals surface area contributed by atoms with Gasteiger partial charge < -0.3 is 19.3 Å². The quantitative estimate of drug-likeness (QED) is 0.369. The summed E-state index contributed by atoms with van der Waals surface area (Å²) in [6.45, 7) is 3.13. The number of hydrogen-bond donors (Lipinski definition) is 1. The van der Waals surface area contributed by atoms with E-state index < -0.39 is 6.10 Å². The predicted octanol–water partition coefficient (Wildman–Crippen LogP) is 5.21. The maximum Gasteiger partial charge on any atom is 0.227 e. The molecule has 6 nitrogen and oxygen atoms in total. The Hall–Kier alpha value is -3.35. The number of nitrogens with zero attached hydrogens (tertiary/aromatic N) is 3. The second-order valence-electron chi connectivity index (χ2n) is 8.91. The maximum atomic E-state index is 12.9. The number of aliphatic hydroxyl groups excluding tert-OH is 1. The number of anilines is 1. The fourth-order valence-electron chi connectivity index (χ4n) is 4.63. The number of fused-ring (bicyclic) bond motifs is 1. The van der Waals surface area contributed by atoms with Crippen molar-refractivity contribution in [2.75, 3.05) is 18.1 Å². The fraction of sp³-hybridized carbons (Fsp3) is 0.286. The van der Waals surface area contributed by atoms with Crippen LogP contribution in [0.1, 0.15) is 30.7 Å². The lowest BCUT2D eigenvalue weighted by Crippen LogP contribution is -2.26. The number of imidazole rings is 1. The molecule has 3 aromatic carbocycles.